The molecular weight excluding hydrogens is 446 g/mol. The van der Waals surface area contributed by atoms with Crippen LogP contribution in [0.2, 0.25) is 0 Å². The highest BCUT2D eigenvalue weighted by molar-refractivity contribution is 5.96. The summed E-state index contributed by atoms with van der Waals surface area (Å²) in [6.45, 7) is 2.56. The summed E-state index contributed by atoms with van der Waals surface area (Å²) in [6, 6.07) is 17.1. The first-order valence-corrected chi connectivity index (χ1v) is 13.9. The Labute approximate surface area is 214 Å². The molecule has 2 aromatic carbocycles. The van der Waals surface area contributed by atoms with E-state index in [-0.39, 0.29) is 17.2 Å². The van der Waals surface area contributed by atoms with Crippen molar-refractivity contribution in [3.05, 3.63) is 71.8 Å². The molecule has 0 unspecified atom stereocenters. The second kappa shape index (κ2) is 9.21. The maximum atomic E-state index is 13.5. The number of fused-ring (bicyclic) bond motifs is 3. The maximum absolute atomic E-state index is 13.5. The number of nitrogens with zero attached hydrogens (tertiary/aromatic N) is 1. The number of amides is 1. The topological polar surface area (TPSA) is 46.6 Å². The minimum atomic E-state index is -0.394. The van der Waals surface area contributed by atoms with Crippen LogP contribution in [0.25, 0.3) is 0 Å². The van der Waals surface area contributed by atoms with E-state index in [0.717, 1.165) is 31.0 Å². The molecule has 5 aliphatic rings. The summed E-state index contributed by atoms with van der Waals surface area (Å²) < 4.78 is 5.48. The van der Waals surface area contributed by atoms with Crippen molar-refractivity contribution < 1.29 is 14.3 Å². The van der Waals surface area contributed by atoms with Gasteiger partial charge in [-0.15, -0.1) is 0 Å². The smallest absolute Gasteiger partial charge is 0.335 e. The Morgan fingerprint density at radius 3 is 2.25 bits per heavy atom. The number of carbonyl (C=O) groups is 2. The number of hydrogen-bond acceptors (Lipinski definition) is 3. The molecule has 4 nitrogen and oxygen atoms in total. The predicted molar refractivity (Wildman–Crippen MR) is 142 cm³/mol. The Hall–Kier alpha value is -2.88. The summed E-state index contributed by atoms with van der Waals surface area (Å²) in [5.41, 5.74) is 4.39. The van der Waals surface area contributed by atoms with Gasteiger partial charge in [-0.1, -0.05) is 36.4 Å². The largest absolute Gasteiger partial charge is 0.423 e. The van der Waals surface area contributed by atoms with E-state index in [1.807, 2.05) is 23.1 Å². The minimum absolute atomic E-state index is 0.145. The number of allylic oxidation sites excluding steroid dienone is 1. The van der Waals surface area contributed by atoms with Crippen LogP contribution in [0.15, 0.2) is 60.7 Å². The third-order valence-electron chi connectivity index (χ3n) is 9.31. The molecule has 0 heterocycles. The Morgan fingerprint density at radius 1 is 0.944 bits per heavy atom. The van der Waals surface area contributed by atoms with Gasteiger partial charge in [-0.3, -0.25) is 4.79 Å². The minimum Gasteiger partial charge on any atom is -0.423 e. The van der Waals surface area contributed by atoms with Gasteiger partial charge in [0.25, 0.3) is 0 Å². The number of hydrogen-bond donors (Lipinski definition) is 0. The molecule has 7 rings (SSSR count). The molecule has 0 spiro atoms. The van der Waals surface area contributed by atoms with Crippen LogP contribution in [0.4, 0.5) is 5.69 Å². The third-order valence-corrected chi connectivity index (χ3v) is 9.31. The fourth-order valence-electron chi connectivity index (χ4n) is 6.64. The zero-order valence-corrected chi connectivity index (χ0v) is 21.4. The number of carbonyl (C=O) groups excluding carboxylic acids is 2. The molecule has 4 heteroatoms. The van der Waals surface area contributed by atoms with Crippen LogP contribution in [0.5, 0.6) is 5.75 Å². The average molecular weight is 484 g/mol. The summed E-state index contributed by atoms with van der Waals surface area (Å²) >= 11 is 0. The fraction of sp³-hybridized carbons (Fsp3) is 0.500. The van der Waals surface area contributed by atoms with Crippen LogP contribution in [0.3, 0.4) is 0 Å². The zero-order chi connectivity index (χ0) is 24.8. The molecule has 0 aliphatic heterocycles. The average Bonchev–Trinajstić information content (AvgIpc) is 3.82. The van der Waals surface area contributed by atoms with Gasteiger partial charge in [0.1, 0.15) is 5.75 Å². The van der Waals surface area contributed by atoms with Gasteiger partial charge < -0.3 is 9.64 Å². The highest BCUT2D eigenvalue weighted by atomic mass is 16.5. The second-order valence-corrected chi connectivity index (χ2v) is 11.8. The van der Waals surface area contributed by atoms with E-state index in [0.29, 0.717) is 11.2 Å². The normalized spacial score (nSPS) is 27.2. The summed E-state index contributed by atoms with van der Waals surface area (Å²) in [4.78, 5) is 27.5. The molecule has 36 heavy (non-hydrogen) atoms. The number of rotatable bonds is 8. The Balaban J connectivity index is 1.19. The highest BCUT2D eigenvalue weighted by Gasteiger charge is 2.51. The van der Waals surface area contributed by atoms with Crippen molar-refractivity contribution in [1.82, 2.24) is 0 Å². The molecule has 5 saturated carbocycles. The van der Waals surface area contributed by atoms with Crippen molar-refractivity contribution in [2.24, 2.45) is 11.3 Å². The van der Waals surface area contributed by atoms with E-state index >= 15 is 0 Å². The van der Waals surface area contributed by atoms with Gasteiger partial charge in [0.05, 0.1) is 0 Å². The summed E-state index contributed by atoms with van der Waals surface area (Å²) in [7, 11) is 0. The van der Waals surface area contributed by atoms with Gasteiger partial charge in [0.2, 0.25) is 5.91 Å². The van der Waals surface area contributed by atoms with Crippen LogP contribution in [0, 0.1) is 11.3 Å². The maximum Gasteiger partial charge on any atom is 0.335 e. The first kappa shape index (κ1) is 23.5. The summed E-state index contributed by atoms with van der Waals surface area (Å²) in [5.74, 6) is 1.28. The van der Waals surface area contributed by atoms with Crippen molar-refractivity contribution in [3.8, 4) is 5.75 Å². The molecule has 188 valence electrons. The Morgan fingerprint density at radius 2 is 1.64 bits per heavy atom. The van der Waals surface area contributed by atoms with E-state index in [4.69, 9.17) is 4.74 Å². The van der Waals surface area contributed by atoms with Gasteiger partial charge in [-0.2, -0.15) is 0 Å². The van der Waals surface area contributed by atoms with Crippen molar-refractivity contribution in [2.45, 2.75) is 82.5 Å². The predicted octanol–water partition coefficient (Wildman–Crippen LogP) is 7.08. The molecule has 2 aromatic rings. The third kappa shape index (κ3) is 4.63. The number of anilines is 1. The fourth-order valence-corrected chi connectivity index (χ4v) is 6.64. The van der Waals surface area contributed by atoms with E-state index in [2.05, 4.69) is 24.3 Å². The van der Waals surface area contributed by atoms with E-state index < -0.39 is 5.97 Å². The van der Waals surface area contributed by atoms with Gasteiger partial charge >= 0.3 is 5.97 Å². The van der Waals surface area contributed by atoms with Crippen LogP contribution in [-0.4, -0.2) is 18.4 Å². The van der Waals surface area contributed by atoms with Crippen molar-refractivity contribution in [1.29, 1.82) is 0 Å². The first-order valence-electron chi connectivity index (χ1n) is 13.9. The summed E-state index contributed by atoms with van der Waals surface area (Å²) in [5, 5.41) is 0. The van der Waals surface area contributed by atoms with Crippen LogP contribution < -0.4 is 9.64 Å². The molecule has 0 radical (unpaired) electrons. The number of ether oxygens (including phenoxy) is 1. The van der Waals surface area contributed by atoms with Gasteiger partial charge in [-0.25, -0.2) is 4.79 Å². The van der Waals surface area contributed by atoms with Crippen molar-refractivity contribution in [2.75, 3.05) is 11.4 Å². The molecule has 0 atom stereocenters. The van der Waals surface area contributed by atoms with E-state index in [1.165, 1.54) is 68.6 Å². The summed E-state index contributed by atoms with van der Waals surface area (Å²) in [6.07, 6.45) is 14.9. The quantitative estimate of drug-likeness (QED) is 0.229. The molecule has 1 amide bonds. The molecule has 5 fully saturated rings. The van der Waals surface area contributed by atoms with E-state index in [9.17, 15) is 9.59 Å². The van der Waals surface area contributed by atoms with Crippen LogP contribution in [-0.2, 0) is 15.0 Å². The molecular formula is C32H37NO3. The Bertz CT molecular complexity index is 1150. The lowest BCUT2D eigenvalue weighted by molar-refractivity contribution is -0.129. The molecule has 2 bridgehead atoms. The van der Waals surface area contributed by atoms with Gasteiger partial charge in [0, 0.05) is 30.3 Å². The van der Waals surface area contributed by atoms with Gasteiger partial charge in [0.15, 0.2) is 0 Å². The SMILES string of the molecule is C/C=C/C(=O)Oc1cccc(N(CC23CCC(c4ccc(C5CC5)cc4)(CC2)CC3)C(=O)C2CC2)c1. The number of esters is 1. The first-order chi connectivity index (χ1) is 17.5. The molecule has 0 N–H and O–H groups in total. The highest BCUT2D eigenvalue weighted by Crippen LogP contribution is 2.58. The Kier molecular flexibility index (Phi) is 6.02. The lowest BCUT2D eigenvalue weighted by Crippen LogP contribution is -2.51. The lowest BCUT2D eigenvalue weighted by atomic mass is 9.51. The van der Waals surface area contributed by atoms with Gasteiger partial charge in [-0.05, 0) is 111 Å². The lowest BCUT2D eigenvalue weighted by Gasteiger charge is -2.55. The molecule has 0 saturated heterocycles. The van der Waals surface area contributed by atoms with Crippen molar-refractivity contribution in [3.63, 3.8) is 0 Å². The molecule has 0 aromatic heterocycles. The molecule has 5 aliphatic carbocycles. The second-order valence-electron chi connectivity index (χ2n) is 11.8. The van der Waals surface area contributed by atoms with Crippen LogP contribution in [0.1, 0.15) is 88.2 Å². The van der Waals surface area contributed by atoms with Crippen LogP contribution >= 0.6 is 0 Å². The monoisotopic (exact) mass is 483 g/mol. The van der Waals surface area contributed by atoms with E-state index in [1.54, 1.807) is 19.1 Å². The standard InChI is InChI=1S/C32H37NO3/c1-2-4-29(34)36-28-6-3-5-27(21-28)33(30(35)25-9-10-25)22-31-15-18-32(19-16-31,20-17-31)26-13-11-24(12-14-26)23-7-8-23/h2-6,11-14,21,23,25H,7-10,15-20,22H2,1H3/b4-2+. The van der Waals surface area contributed by atoms with Crippen molar-refractivity contribution >= 4 is 17.6 Å². The number of benzene rings is 2. The zero-order valence-electron chi connectivity index (χ0n) is 21.4.